The fourth-order valence-corrected chi connectivity index (χ4v) is 4.30. The number of rotatable bonds is 8. The van der Waals surface area contributed by atoms with E-state index in [9.17, 15) is 14.0 Å². The first kappa shape index (κ1) is 24.1. The molecule has 2 aromatic rings. The summed E-state index contributed by atoms with van der Waals surface area (Å²) in [5.74, 6) is -0.597. The van der Waals surface area contributed by atoms with E-state index >= 15 is 0 Å². The van der Waals surface area contributed by atoms with Gasteiger partial charge in [0.2, 0.25) is 11.8 Å². The van der Waals surface area contributed by atoms with Crippen LogP contribution in [-0.2, 0) is 16.1 Å². The van der Waals surface area contributed by atoms with Gasteiger partial charge in [-0.1, -0.05) is 49.9 Å². The van der Waals surface area contributed by atoms with Gasteiger partial charge in [0, 0.05) is 12.6 Å². The summed E-state index contributed by atoms with van der Waals surface area (Å²) >= 11 is 5.93. The lowest BCUT2D eigenvalue weighted by atomic mass is 10.0. The second-order valence-corrected chi connectivity index (χ2v) is 8.42. The van der Waals surface area contributed by atoms with Gasteiger partial charge < -0.3 is 15.0 Å². The zero-order valence-electron chi connectivity index (χ0n) is 18.4. The molecule has 1 unspecified atom stereocenters. The van der Waals surface area contributed by atoms with Crippen molar-refractivity contribution in [1.29, 1.82) is 0 Å². The van der Waals surface area contributed by atoms with Gasteiger partial charge in [-0.15, -0.1) is 11.6 Å². The number of hydrogen-bond donors (Lipinski definition) is 1. The van der Waals surface area contributed by atoms with Crippen LogP contribution in [0.2, 0.25) is 0 Å². The SMILES string of the molecule is COc1ccc(CN(C(=O)CCl)C(C(=O)NC2CCCCCC2)c2ccc(F)cc2)cc1. The molecule has 2 aromatic carbocycles. The molecule has 0 aromatic heterocycles. The highest BCUT2D eigenvalue weighted by Crippen LogP contribution is 2.27. The molecule has 5 nitrogen and oxygen atoms in total. The van der Waals surface area contributed by atoms with Crippen molar-refractivity contribution in [1.82, 2.24) is 10.2 Å². The van der Waals surface area contributed by atoms with Gasteiger partial charge in [-0.05, 0) is 48.2 Å². The Bertz CT molecular complexity index is 881. The van der Waals surface area contributed by atoms with Gasteiger partial charge in [-0.3, -0.25) is 9.59 Å². The van der Waals surface area contributed by atoms with Crippen molar-refractivity contribution >= 4 is 23.4 Å². The second kappa shape index (κ2) is 11.9. The highest BCUT2D eigenvalue weighted by Gasteiger charge is 2.32. The molecule has 0 aliphatic heterocycles. The van der Waals surface area contributed by atoms with Crippen LogP contribution in [-0.4, -0.2) is 35.7 Å². The van der Waals surface area contributed by atoms with Crippen LogP contribution in [0.4, 0.5) is 4.39 Å². The van der Waals surface area contributed by atoms with E-state index in [1.807, 2.05) is 12.1 Å². The van der Waals surface area contributed by atoms with Gasteiger partial charge in [0.25, 0.3) is 0 Å². The number of amides is 2. The lowest BCUT2D eigenvalue weighted by molar-refractivity contribution is -0.140. The normalized spacial score (nSPS) is 15.5. The molecule has 7 heteroatoms. The third kappa shape index (κ3) is 6.45. The van der Waals surface area contributed by atoms with Gasteiger partial charge in [-0.2, -0.15) is 0 Å². The summed E-state index contributed by atoms with van der Waals surface area (Å²) in [5, 5.41) is 3.15. The van der Waals surface area contributed by atoms with Crippen molar-refractivity contribution in [2.24, 2.45) is 0 Å². The minimum absolute atomic E-state index is 0.0712. The molecule has 172 valence electrons. The fraction of sp³-hybridized carbons (Fsp3) is 0.440. The Labute approximate surface area is 193 Å². The van der Waals surface area contributed by atoms with Crippen molar-refractivity contribution in [3.8, 4) is 5.75 Å². The number of hydrogen-bond acceptors (Lipinski definition) is 3. The van der Waals surface area contributed by atoms with Crippen molar-refractivity contribution in [3.05, 3.63) is 65.5 Å². The van der Waals surface area contributed by atoms with Gasteiger partial charge in [0.05, 0.1) is 7.11 Å². The molecule has 0 heterocycles. The third-order valence-electron chi connectivity index (χ3n) is 5.89. The van der Waals surface area contributed by atoms with Crippen LogP contribution in [0.25, 0.3) is 0 Å². The molecule has 0 spiro atoms. The van der Waals surface area contributed by atoms with Crippen LogP contribution in [0, 0.1) is 5.82 Å². The van der Waals surface area contributed by atoms with E-state index in [0.29, 0.717) is 11.3 Å². The molecule has 0 radical (unpaired) electrons. The molecule has 1 atom stereocenters. The van der Waals surface area contributed by atoms with E-state index in [-0.39, 0.29) is 30.3 Å². The summed E-state index contributed by atoms with van der Waals surface area (Å²) in [7, 11) is 1.58. The summed E-state index contributed by atoms with van der Waals surface area (Å²) in [6, 6.07) is 12.2. The van der Waals surface area contributed by atoms with Crippen LogP contribution in [0.1, 0.15) is 55.7 Å². The van der Waals surface area contributed by atoms with Crippen molar-refractivity contribution < 1.29 is 18.7 Å². The number of carbonyl (C=O) groups is 2. The summed E-state index contributed by atoms with van der Waals surface area (Å²) in [5.41, 5.74) is 1.38. The van der Waals surface area contributed by atoms with E-state index in [1.54, 1.807) is 31.4 Å². The Balaban J connectivity index is 1.91. The lowest BCUT2D eigenvalue weighted by Gasteiger charge is -2.32. The Morgan fingerprint density at radius 2 is 1.69 bits per heavy atom. The maximum absolute atomic E-state index is 13.6. The van der Waals surface area contributed by atoms with Gasteiger partial charge in [0.15, 0.2) is 0 Å². The van der Waals surface area contributed by atoms with Crippen LogP contribution in [0.5, 0.6) is 5.75 Å². The van der Waals surface area contributed by atoms with E-state index in [0.717, 1.165) is 31.2 Å². The molecule has 1 aliphatic carbocycles. The van der Waals surface area contributed by atoms with Crippen LogP contribution < -0.4 is 10.1 Å². The summed E-state index contributed by atoms with van der Waals surface area (Å²) in [4.78, 5) is 27.9. The third-order valence-corrected chi connectivity index (χ3v) is 6.12. The summed E-state index contributed by atoms with van der Waals surface area (Å²) in [6.07, 6.45) is 6.32. The number of nitrogens with one attached hydrogen (secondary N) is 1. The molecule has 32 heavy (non-hydrogen) atoms. The Morgan fingerprint density at radius 3 is 2.25 bits per heavy atom. The van der Waals surface area contributed by atoms with Crippen LogP contribution in [0.3, 0.4) is 0 Å². The maximum Gasteiger partial charge on any atom is 0.247 e. The molecule has 0 saturated heterocycles. The smallest absolute Gasteiger partial charge is 0.247 e. The second-order valence-electron chi connectivity index (χ2n) is 8.15. The number of nitrogens with zero attached hydrogens (tertiary/aromatic N) is 1. The van der Waals surface area contributed by atoms with E-state index in [2.05, 4.69) is 5.32 Å². The molecule has 2 amide bonds. The first-order chi connectivity index (χ1) is 15.5. The monoisotopic (exact) mass is 460 g/mol. The van der Waals surface area contributed by atoms with Crippen LogP contribution in [0.15, 0.2) is 48.5 Å². The Kier molecular flexibility index (Phi) is 8.91. The topological polar surface area (TPSA) is 58.6 Å². The predicted octanol–water partition coefficient (Wildman–Crippen LogP) is 4.98. The average molecular weight is 461 g/mol. The van der Waals surface area contributed by atoms with E-state index < -0.39 is 11.9 Å². The molecule has 1 fully saturated rings. The highest BCUT2D eigenvalue weighted by atomic mass is 35.5. The molecular formula is C25H30ClFN2O3. The standard InChI is InChI=1S/C25H30ClFN2O3/c1-32-22-14-8-18(9-15-22)17-29(23(30)16-26)24(19-10-12-20(27)13-11-19)25(31)28-21-6-4-2-3-5-7-21/h8-15,21,24H,2-7,16-17H2,1H3,(H,28,31). The number of alkyl halides is 1. The van der Waals surface area contributed by atoms with Crippen molar-refractivity contribution in [3.63, 3.8) is 0 Å². The van der Waals surface area contributed by atoms with Gasteiger partial charge in [0.1, 0.15) is 23.5 Å². The number of carbonyl (C=O) groups excluding carboxylic acids is 2. The summed E-state index contributed by atoms with van der Waals surface area (Å²) < 4.78 is 18.8. The first-order valence-electron chi connectivity index (χ1n) is 11.1. The average Bonchev–Trinajstić information content (AvgIpc) is 3.08. The molecule has 1 N–H and O–H groups in total. The molecule has 3 rings (SSSR count). The van der Waals surface area contributed by atoms with Gasteiger partial charge in [-0.25, -0.2) is 4.39 Å². The first-order valence-corrected chi connectivity index (χ1v) is 11.6. The molecule has 0 bridgehead atoms. The Morgan fingerprint density at radius 1 is 1.06 bits per heavy atom. The quantitative estimate of drug-likeness (QED) is 0.446. The molecular weight excluding hydrogens is 431 g/mol. The maximum atomic E-state index is 13.6. The number of benzene rings is 2. The van der Waals surface area contributed by atoms with Crippen LogP contribution >= 0.6 is 11.6 Å². The number of halogens is 2. The zero-order valence-corrected chi connectivity index (χ0v) is 19.1. The highest BCUT2D eigenvalue weighted by molar-refractivity contribution is 6.27. The van der Waals surface area contributed by atoms with Gasteiger partial charge >= 0.3 is 0 Å². The van der Waals surface area contributed by atoms with Crippen molar-refractivity contribution in [2.45, 2.75) is 57.2 Å². The largest absolute Gasteiger partial charge is 0.497 e. The minimum atomic E-state index is -0.910. The molecule has 1 saturated carbocycles. The summed E-state index contributed by atoms with van der Waals surface area (Å²) in [6.45, 7) is 0.190. The Hall–Kier alpha value is -2.60. The fourth-order valence-electron chi connectivity index (χ4n) is 4.15. The number of methoxy groups -OCH3 is 1. The van der Waals surface area contributed by atoms with Crippen molar-refractivity contribution in [2.75, 3.05) is 13.0 Å². The zero-order chi connectivity index (χ0) is 22.9. The minimum Gasteiger partial charge on any atom is -0.497 e. The van der Waals surface area contributed by atoms with E-state index in [4.69, 9.17) is 16.3 Å². The lowest BCUT2D eigenvalue weighted by Crippen LogP contribution is -2.46. The molecule has 1 aliphatic rings. The van der Waals surface area contributed by atoms with E-state index in [1.165, 1.54) is 29.9 Å². The predicted molar refractivity (Wildman–Crippen MR) is 123 cm³/mol. The number of ether oxygens (including phenoxy) is 1.